The lowest BCUT2D eigenvalue weighted by atomic mass is 9.88. The number of carbonyl (C=O) groups excluding carboxylic acids is 1. The van der Waals surface area contributed by atoms with Crippen LogP contribution in [0.15, 0.2) is 0 Å². The molecule has 0 rings (SSSR count). The van der Waals surface area contributed by atoms with E-state index in [9.17, 15) is 9.90 Å². The van der Waals surface area contributed by atoms with Crippen LogP contribution in [0.4, 0.5) is 4.79 Å². The molecule has 4 atom stereocenters. The minimum absolute atomic E-state index is 0.0907. The van der Waals surface area contributed by atoms with Crippen LogP contribution in [0.2, 0.25) is 0 Å². The topological polar surface area (TPSA) is 84.6 Å². The van der Waals surface area contributed by atoms with Crippen molar-refractivity contribution in [1.82, 2.24) is 5.32 Å². The van der Waals surface area contributed by atoms with E-state index in [-0.39, 0.29) is 18.0 Å². The molecular weight excluding hydrogens is 268 g/mol. The van der Waals surface area contributed by atoms with Gasteiger partial charge >= 0.3 is 6.09 Å². The molecule has 0 fully saturated rings. The summed E-state index contributed by atoms with van der Waals surface area (Å²) in [7, 11) is 0. The Morgan fingerprint density at radius 1 is 1.29 bits per heavy atom. The predicted octanol–water partition coefficient (Wildman–Crippen LogP) is 2.66. The first-order chi connectivity index (χ1) is 9.47. The highest BCUT2D eigenvalue weighted by Crippen LogP contribution is 2.18. The number of rotatable bonds is 7. The van der Waals surface area contributed by atoms with E-state index in [1.165, 1.54) is 0 Å². The molecule has 0 saturated heterocycles. The van der Waals surface area contributed by atoms with Crippen LogP contribution in [0.25, 0.3) is 0 Å². The average molecular weight is 302 g/mol. The van der Waals surface area contributed by atoms with Gasteiger partial charge in [0.25, 0.3) is 0 Å². The van der Waals surface area contributed by atoms with Crippen molar-refractivity contribution in [3.8, 4) is 0 Å². The zero-order chi connectivity index (χ0) is 16.8. The van der Waals surface area contributed by atoms with Gasteiger partial charge in [0.1, 0.15) is 5.60 Å². The predicted molar refractivity (Wildman–Crippen MR) is 86.0 cm³/mol. The monoisotopic (exact) mass is 302 g/mol. The van der Waals surface area contributed by atoms with Crippen LogP contribution in [0.1, 0.15) is 61.3 Å². The van der Waals surface area contributed by atoms with Gasteiger partial charge in [-0.05, 0) is 39.0 Å². The van der Waals surface area contributed by atoms with Gasteiger partial charge in [-0.2, -0.15) is 0 Å². The van der Waals surface area contributed by atoms with Gasteiger partial charge in [-0.25, -0.2) is 4.79 Å². The third kappa shape index (κ3) is 8.27. The van der Waals surface area contributed by atoms with E-state index in [1.807, 2.05) is 48.5 Å². The third-order valence-corrected chi connectivity index (χ3v) is 3.72. The van der Waals surface area contributed by atoms with Gasteiger partial charge in [0.15, 0.2) is 0 Å². The maximum atomic E-state index is 11.9. The molecule has 4 N–H and O–H groups in total. The number of aliphatic hydroxyl groups excluding tert-OH is 1. The van der Waals surface area contributed by atoms with Crippen LogP contribution in [-0.2, 0) is 4.74 Å². The van der Waals surface area contributed by atoms with Crippen molar-refractivity contribution < 1.29 is 14.6 Å². The number of alkyl carbamates (subject to hydrolysis) is 1. The van der Waals surface area contributed by atoms with E-state index in [4.69, 9.17) is 10.5 Å². The Labute approximate surface area is 129 Å². The third-order valence-electron chi connectivity index (χ3n) is 3.72. The highest BCUT2D eigenvalue weighted by atomic mass is 16.6. The number of carbonyl (C=O) groups is 1. The van der Waals surface area contributed by atoms with Crippen molar-refractivity contribution in [3.05, 3.63) is 0 Å². The van der Waals surface area contributed by atoms with Gasteiger partial charge in [0, 0.05) is 6.04 Å². The van der Waals surface area contributed by atoms with E-state index >= 15 is 0 Å². The van der Waals surface area contributed by atoms with Crippen molar-refractivity contribution in [2.75, 3.05) is 0 Å². The average Bonchev–Trinajstić information content (AvgIpc) is 2.32. The molecule has 5 nitrogen and oxygen atoms in total. The van der Waals surface area contributed by atoms with Crippen LogP contribution < -0.4 is 11.1 Å². The van der Waals surface area contributed by atoms with Crippen LogP contribution in [-0.4, -0.2) is 35.0 Å². The van der Waals surface area contributed by atoms with Crippen LogP contribution in [0.3, 0.4) is 0 Å². The second-order valence-electron chi connectivity index (χ2n) is 7.27. The highest BCUT2D eigenvalue weighted by molar-refractivity contribution is 5.68. The second kappa shape index (κ2) is 8.59. The lowest BCUT2D eigenvalue weighted by Gasteiger charge is -2.32. The molecule has 0 spiro atoms. The molecule has 0 aliphatic carbocycles. The summed E-state index contributed by atoms with van der Waals surface area (Å²) in [4.78, 5) is 11.9. The van der Waals surface area contributed by atoms with Crippen molar-refractivity contribution in [2.45, 2.75) is 85.1 Å². The molecule has 0 aliphatic rings. The van der Waals surface area contributed by atoms with Gasteiger partial charge in [-0.15, -0.1) is 0 Å². The number of nitrogens with one attached hydrogen (secondary N) is 1. The Kier molecular flexibility index (Phi) is 8.26. The van der Waals surface area contributed by atoms with Crippen molar-refractivity contribution >= 4 is 6.09 Å². The zero-order valence-electron chi connectivity index (χ0n) is 14.6. The minimum atomic E-state index is -0.676. The van der Waals surface area contributed by atoms with E-state index in [0.717, 1.165) is 6.42 Å². The fourth-order valence-corrected chi connectivity index (χ4v) is 2.01. The quantitative estimate of drug-likeness (QED) is 0.675. The number of hydrogen-bond acceptors (Lipinski definition) is 4. The molecular formula is C16H34N2O3. The summed E-state index contributed by atoms with van der Waals surface area (Å²) in [6, 6.07) is -0.443. The maximum absolute atomic E-state index is 11.9. The molecule has 21 heavy (non-hydrogen) atoms. The number of hydrogen-bond donors (Lipinski definition) is 3. The van der Waals surface area contributed by atoms with E-state index in [0.29, 0.717) is 12.3 Å². The van der Waals surface area contributed by atoms with Gasteiger partial charge in [0.05, 0.1) is 12.1 Å². The molecule has 126 valence electrons. The lowest BCUT2D eigenvalue weighted by Crippen LogP contribution is -2.50. The lowest BCUT2D eigenvalue weighted by molar-refractivity contribution is 0.0330. The molecule has 0 radical (unpaired) electrons. The van der Waals surface area contributed by atoms with E-state index in [1.54, 1.807) is 0 Å². The molecule has 0 aromatic rings. The zero-order valence-corrected chi connectivity index (χ0v) is 14.6. The Balaban J connectivity index is 4.76. The summed E-state index contributed by atoms with van der Waals surface area (Å²) < 4.78 is 5.27. The summed E-state index contributed by atoms with van der Waals surface area (Å²) in [5.41, 5.74) is 5.47. The fraction of sp³-hybridized carbons (Fsp3) is 0.938. The number of amides is 1. The first-order valence-corrected chi connectivity index (χ1v) is 7.91. The summed E-state index contributed by atoms with van der Waals surface area (Å²) in [5.74, 6) is 0.436. The fourth-order valence-electron chi connectivity index (χ4n) is 2.01. The molecule has 0 aromatic carbocycles. The smallest absolute Gasteiger partial charge is 0.407 e. The summed E-state index contributed by atoms with van der Waals surface area (Å²) in [5, 5.41) is 13.2. The van der Waals surface area contributed by atoms with Gasteiger partial charge < -0.3 is 20.9 Å². The summed E-state index contributed by atoms with van der Waals surface area (Å²) in [6.45, 7) is 13.5. The Hall–Kier alpha value is -0.810. The summed E-state index contributed by atoms with van der Waals surface area (Å²) in [6.07, 6.45) is 0.145. The SMILES string of the molecule is CCC(C)[C@H](NC(=O)OC(C)(C)C)[C@H](O)C[C@@H](N)C(C)C. The first kappa shape index (κ1) is 20.2. The van der Waals surface area contributed by atoms with Gasteiger partial charge in [-0.1, -0.05) is 34.1 Å². The van der Waals surface area contributed by atoms with Crippen LogP contribution >= 0.6 is 0 Å². The van der Waals surface area contributed by atoms with Gasteiger partial charge in [0.2, 0.25) is 0 Å². The number of nitrogens with two attached hydrogens (primary N) is 1. The standard InChI is InChI=1S/C16H34N2O3/c1-8-11(4)14(13(19)9-12(17)10(2)3)18-15(20)21-16(5,6)7/h10-14,19H,8-9,17H2,1-7H3,(H,18,20)/t11?,12-,13-,14+/m1/s1. The van der Waals surface area contributed by atoms with Crippen molar-refractivity contribution in [2.24, 2.45) is 17.6 Å². The number of aliphatic hydroxyl groups is 1. The van der Waals surface area contributed by atoms with Crippen molar-refractivity contribution in [3.63, 3.8) is 0 Å². The first-order valence-electron chi connectivity index (χ1n) is 7.91. The van der Waals surface area contributed by atoms with Gasteiger partial charge in [-0.3, -0.25) is 0 Å². The molecule has 0 saturated carbocycles. The molecule has 0 aliphatic heterocycles. The molecule has 0 bridgehead atoms. The van der Waals surface area contributed by atoms with E-state index < -0.39 is 17.8 Å². The minimum Gasteiger partial charge on any atom is -0.444 e. The normalized spacial score (nSPS) is 18.0. The molecule has 0 heterocycles. The summed E-state index contributed by atoms with van der Waals surface area (Å²) >= 11 is 0. The largest absolute Gasteiger partial charge is 0.444 e. The number of ether oxygens (including phenoxy) is 1. The Bertz CT molecular complexity index is 313. The van der Waals surface area contributed by atoms with E-state index in [2.05, 4.69) is 5.32 Å². The Morgan fingerprint density at radius 2 is 1.81 bits per heavy atom. The van der Waals surface area contributed by atoms with Crippen LogP contribution in [0.5, 0.6) is 0 Å². The molecule has 0 aromatic heterocycles. The highest BCUT2D eigenvalue weighted by Gasteiger charge is 2.29. The molecule has 5 heteroatoms. The Morgan fingerprint density at radius 3 is 2.19 bits per heavy atom. The van der Waals surface area contributed by atoms with Crippen LogP contribution in [0, 0.1) is 11.8 Å². The molecule has 1 unspecified atom stereocenters. The molecule has 1 amide bonds. The maximum Gasteiger partial charge on any atom is 0.407 e. The second-order valence-corrected chi connectivity index (χ2v) is 7.27. The van der Waals surface area contributed by atoms with Crippen molar-refractivity contribution in [1.29, 1.82) is 0 Å².